The van der Waals surface area contributed by atoms with Gasteiger partial charge in [0.1, 0.15) is 17.8 Å². The highest BCUT2D eigenvalue weighted by atomic mass is 16.2. The molecule has 7 heteroatoms. The van der Waals surface area contributed by atoms with Crippen molar-refractivity contribution in [3.8, 4) is 5.69 Å². The molecule has 0 bridgehead atoms. The van der Waals surface area contributed by atoms with Crippen molar-refractivity contribution in [2.45, 2.75) is 25.7 Å². The summed E-state index contributed by atoms with van der Waals surface area (Å²) in [7, 11) is 0. The average molecular weight is 362 g/mol. The molecule has 1 N–H and O–H groups in total. The molecule has 27 heavy (non-hydrogen) atoms. The van der Waals surface area contributed by atoms with E-state index < -0.39 is 0 Å². The zero-order chi connectivity index (χ0) is 18.5. The third-order valence-corrected chi connectivity index (χ3v) is 5.83. The number of para-hydroxylation sites is 1. The monoisotopic (exact) mass is 362 g/mol. The Morgan fingerprint density at radius 3 is 2.59 bits per heavy atom. The molecule has 2 fully saturated rings. The Balaban J connectivity index is 1.29. The second-order valence-corrected chi connectivity index (χ2v) is 7.82. The first kappa shape index (κ1) is 16.2. The number of nitrogens with zero attached hydrogens (tertiary/aromatic N) is 5. The first-order chi connectivity index (χ1) is 13.1. The molecule has 2 aliphatic rings. The second kappa shape index (κ2) is 6.04. The fraction of sp³-hybridized carbons (Fsp3) is 0.400. The molecule has 3 aromatic rings. The van der Waals surface area contributed by atoms with Crippen LogP contribution < -0.4 is 0 Å². The topological polar surface area (TPSA) is 79.7 Å². The van der Waals surface area contributed by atoms with Crippen LogP contribution in [0.4, 0.5) is 0 Å². The van der Waals surface area contributed by atoms with Crippen molar-refractivity contribution in [2.24, 2.45) is 11.8 Å². The van der Waals surface area contributed by atoms with Crippen LogP contribution in [0, 0.1) is 11.8 Å². The van der Waals surface area contributed by atoms with E-state index in [1.165, 1.54) is 0 Å². The van der Waals surface area contributed by atoms with Crippen LogP contribution in [0.15, 0.2) is 42.7 Å². The first-order valence-corrected chi connectivity index (χ1v) is 9.43. The van der Waals surface area contributed by atoms with Gasteiger partial charge >= 0.3 is 0 Å². The van der Waals surface area contributed by atoms with Gasteiger partial charge in [-0.1, -0.05) is 32.0 Å². The Morgan fingerprint density at radius 1 is 1.19 bits per heavy atom. The van der Waals surface area contributed by atoms with Crippen molar-refractivity contribution in [2.75, 3.05) is 13.1 Å². The third-order valence-electron chi connectivity index (χ3n) is 5.83. The molecule has 2 unspecified atom stereocenters. The van der Waals surface area contributed by atoms with E-state index in [0.29, 0.717) is 29.4 Å². The number of likely N-dealkylation sites (tertiary alicyclic amines) is 1. The molecule has 0 spiro atoms. The summed E-state index contributed by atoms with van der Waals surface area (Å²) < 4.78 is 2.07. The van der Waals surface area contributed by atoms with Crippen molar-refractivity contribution in [3.05, 3.63) is 59.9 Å². The summed E-state index contributed by atoms with van der Waals surface area (Å²) in [5.41, 5.74) is 2.59. The van der Waals surface area contributed by atoms with Crippen molar-refractivity contribution < 1.29 is 4.79 Å². The number of hydrogen-bond donors (Lipinski definition) is 1. The van der Waals surface area contributed by atoms with Crippen LogP contribution >= 0.6 is 0 Å². The van der Waals surface area contributed by atoms with E-state index in [-0.39, 0.29) is 5.91 Å². The standard InChI is InChI=1S/C20H22N6O/c1-12(2)16-8-17(23-22-16)20(27)25-9-14-15(10-25)18(14)19-24-21-11-26(19)13-6-4-3-5-7-13/h3-8,11-12,14-15,18H,9-10H2,1-2H3,(H,22,23). The summed E-state index contributed by atoms with van der Waals surface area (Å²) in [6, 6.07) is 12.0. The zero-order valence-electron chi connectivity index (χ0n) is 15.4. The molecule has 138 valence electrons. The Morgan fingerprint density at radius 2 is 1.93 bits per heavy atom. The van der Waals surface area contributed by atoms with Gasteiger partial charge in [-0.25, -0.2) is 0 Å². The first-order valence-electron chi connectivity index (χ1n) is 9.43. The Kier molecular flexibility index (Phi) is 3.63. The smallest absolute Gasteiger partial charge is 0.274 e. The minimum atomic E-state index is 0.0219. The quantitative estimate of drug-likeness (QED) is 0.774. The molecule has 2 atom stereocenters. The molecule has 5 rings (SSSR count). The summed E-state index contributed by atoms with van der Waals surface area (Å²) in [5.74, 6) is 2.66. The van der Waals surface area contributed by atoms with Gasteiger partial charge in [0, 0.05) is 30.4 Å². The number of fused-ring (bicyclic) bond motifs is 1. The summed E-state index contributed by atoms with van der Waals surface area (Å²) >= 11 is 0. The van der Waals surface area contributed by atoms with Crippen molar-refractivity contribution in [3.63, 3.8) is 0 Å². The molecule has 1 saturated carbocycles. The van der Waals surface area contributed by atoms with Gasteiger partial charge in [-0.15, -0.1) is 10.2 Å². The molecule has 1 aliphatic heterocycles. The van der Waals surface area contributed by atoms with E-state index in [4.69, 9.17) is 0 Å². The van der Waals surface area contributed by atoms with Crippen LogP contribution in [0.2, 0.25) is 0 Å². The van der Waals surface area contributed by atoms with E-state index in [1.807, 2.05) is 29.2 Å². The predicted molar refractivity (Wildman–Crippen MR) is 99.7 cm³/mol. The van der Waals surface area contributed by atoms with Crippen molar-refractivity contribution in [1.82, 2.24) is 29.9 Å². The minimum Gasteiger partial charge on any atom is -0.337 e. The number of aromatic nitrogens is 5. The lowest BCUT2D eigenvalue weighted by Crippen LogP contribution is -2.31. The highest BCUT2D eigenvalue weighted by Crippen LogP contribution is 2.57. The van der Waals surface area contributed by atoms with Crippen molar-refractivity contribution in [1.29, 1.82) is 0 Å². The number of piperidine rings is 1. The van der Waals surface area contributed by atoms with Gasteiger partial charge < -0.3 is 4.90 Å². The van der Waals surface area contributed by atoms with Crippen LogP contribution in [0.25, 0.3) is 5.69 Å². The Hall–Kier alpha value is -2.96. The number of amides is 1. The number of aromatic amines is 1. The number of rotatable bonds is 4. The van der Waals surface area contributed by atoms with Gasteiger partial charge in [-0.05, 0) is 36.0 Å². The van der Waals surface area contributed by atoms with E-state index in [1.54, 1.807) is 6.33 Å². The van der Waals surface area contributed by atoms with E-state index in [0.717, 1.165) is 30.3 Å². The molecular formula is C20H22N6O. The van der Waals surface area contributed by atoms with E-state index in [9.17, 15) is 4.79 Å². The lowest BCUT2D eigenvalue weighted by atomic mass is 10.1. The molecule has 1 saturated heterocycles. The van der Waals surface area contributed by atoms with E-state index in [2.05, 4.69) is 50.9 Å². The van der Waals surface area contributed by atoms with Crippen LogP contribution in [-0.2, 0) is 0 Å². The lowest BCUT2D eigenvalue weighted by Gasteiger charge is -2.18. The fourth-order valence-electron chi connectivity index (χ4n) is 4.24. The summed E-state index contributed by atoms with van der Waals surface area (Å²) in [6.07, 6.45) is 1.78. The summed E-state index contributed by atoms with van der Waals surface area (Å²) in [5, 5.41) is 15.7. The van der Waals surface area contributed by atoms with Crippen molar-refractivity contribution >= 4 is 5.91 Å². The number of hydrogen-bond acceptors (Lipinski definition) is 4. The molecule has 1 amide bonds. The second-order valence-electron chi connectivity index (χ2n) is 7.82. The van der Waals surface area contributed by atoms with E-state index >= 15 is 0 Å². The SMILES string of the molecule is CC(C)c1cc(C(=O)N2CC3C(C2)C3c2nncn2-c2ccccc2)n[nH]1. The highest BCUT2D eigenvalue weighted by Gasteiger charge is 2.59. The van der Waals surface area contributed by atoms with Crippen LogP contribution in [0.3, 0.4) is 0 Å². The Labute approximate surface area is 157 Å². The molecule has 1 aliphatic carbocycles. The largest absolute Gasteiger partial charge is 0.337 e. The van der Waals surface area contributed by atoms with Gasteiger partial charge in [0.15, 0.2) is 0 Å². The fourth-order valence-corrected chi connectivity index (χ4v) is 4.24. The number of nitrogens with one attached hydrogen (secondary N) is 1. The highest BCUT2D eigenvalue weighted by molar-refractivity contribution is 5.92. The summed E-state index contributed by atoms with van der Waals surface area (Å²) in [4.78, 5) is 14.7. The summed E-state index contributed by atoms with van der Waals surface area (Å²) in [6.45, 7) is 5.69. The maximum Gasteiger partial charge on any atom is 0.274 e. The third kappa shape index (κ3) is 2.65. The molecule has 1 aromatic carbocycles. The number of carbonyl (C=O) groups excluding carboxylic acids is 1. The molecule has 7 nitrogen and oxygen atoms in total. The van der Waals surface area contributed by atoms with Crippen LogP contribution in [0.5, 0.6) is 0 Å². The van der Waals surface area contributed by atoms with Gasteiger partial charge in [0.25, 0.3) is 5.91 Å². The number of benzene rings is 1. The molecule has 0 radical (unpaired) electrons. The normalized spacial score (nSPS) is 23.7. The van der Waals surface area contributed by atoms with Crippen LogP contribution in [-0.4, -0.2) is 48.9 Å². The van der Waals surface area contributed by atoms with Gasteiger partial charge in [0.05, 0.1) is 0 Å². The molecular weight excluding hydrogens is 340 g/mol. The molecule has 3 heterocycles. The minimum absolute atomic E-state index is 0.0219. The van der Waals surface area contributed by atoms with Crippen LogP contribution in [0.1, 0.15) is 47.7 Å². The van der Waals surface area contributed by atoms with Gasteiger partial charge in [0.2, 0.25) is 0 Å². The molecule has 2 aromatic heterocycles. The zero-order valence-corrected chi connectivity index (χ0v) is 15.4. The number of carbonyl (C=O) groups is 1. The van der Waals surface area contributed by atoms with Gasteiger partial charge in [-0.2, -0.15) is 5.10 Å². The van der Waals surface area contributed by atoms with Gasteiger partial charge in [-0.3, -0.25) is 14.5 Å². The predicted octanol–water partition coefficient (Wildman–Crippen LogP) is 2.60. The lowest BCUT2D eigenvalue weighted by molar-refractivity contribution is 0.0766. The maximum absolute atomic E-state index is 12.7. The maximum atomic E-state index is 12.7. The number of H-pyrrole nitrogens is 1. The Bertz CT molecular complexity index is 963. The average Bonchev–Trinajstić information content (AvgIpc) is 3.21.